The second kappa shape index (κ2) is 6.83. The Morgan fingerprint density at radius 2 is 1.89 bits per heavy atom. The maximum absolute atomic E-state index is 11.7. The van der Waals surface area contributed by atoms with Crippen LogP contribution >= 0.6 is 0 Å². The van der Waals surface area contributed by atoms with Crippen molar-refractivity contribution in [3.8, 4) is 5.75 Å². The number of carbonyl (C=O) groups excluding carboxylic acids is 1. The van der Waals surface area contributed by atoms with Crippen molar-refractivity contribution in [2.75, 3.05) is 13.7 Å². The van der Waals surface area contributed by atoms with Gasteiger partial charge in [-0.05, 0) is 44.5 Å². The molecule has 0 saturated carbocycles. The Morgan fingerprint density at radius 3 is 2.42 bits per heavy atom. The Bertz CT molecular complexity index is 432. The summed E-state index contributed by atoms with van der Waals surface area (Å²) in [6.45, 7) is 5.48. The largest absolute Gasteiger partial charge is 0.504 e. The molecule has 0 radical (unpaired) electrons. The monoisotopic (exact) mass is 264 g/mol. The smallest absolute Gasteiger partial charge is 0.349 e. The number of ether oxygens (including phenoxy) is 3. The summed E-state index contributed by atoms with van der Waals surface area (Å²) < 4.78 is 15.5. The number of benzene rings is 1. The molecule has 104 valence electrons. The fourth-order valence-electron chi connectivity index (χ4n) is 1.43. The molecule has 0 aliphatic carbocycles. The normalized spacial score (nSPS) is 11.4. The van der Waals surface area contributed by atoms with Crippen molar-refractivity contribution in [2.24, 2.45) is 0 Å². The van der Waals surface area contributed by atoms with Crippen LogP contribution < -0.4 is 4.74 Å². The zero-order valence-electron chi connectivity index (χ0n) is 11.8. The minimum atomic E-state index is -1.00. The Balaban J connectivity index is 2.71. The number of esters is 1. The molecule has 0 atom stereocenters. The summed E-state index contributed by atoms with van der Waals surface area (Å²) in [6.07, 6.45) is 3.43. The molecular formula is C15H20O4. The first-order valence-electron chi connectivity index (χ1n) is 6.15. The lowest BCUT2D eigenvalue weighted by molar-refractivity contribution is -0.158. The van der Waals surface area contributed by atoms with Gasteiger partial charge in [0.1, 0.15) is 5.75 Å². The molecule has 1 rings (SSSR count). The van der Waals surface area contributed by atoms with Gasteiger partial charge in [0, 0.05) is 0 Å². The summed E-state index contributed by atoms with van der Waals surface area (Å²) >= 11 is 0. The molecule has 0 saturated heterocycles. The minimum Gasteiger partial charge on any atom is -0.504 e. The number of methoxy groups -OCH3 is 1. The highest BCUT2D eigenvalue weighted by molar-refractivity contribution is 5.79. The fraction of sp³-hybridized carbons (Fsp3) is 0.400. The van der Waals surface area contributed by atoms with Crippen LogP contribution in [0.2, 0.25) is 0 Å². The standard InChI is InChI=1S/C15H20O4/c1-5-18-14(16)15(2,3)19-13-8-6-12(7-9-13)10-11-17-4/h6-11H,5H2,1-4H3. The lowest BCUT2D eigenvalue weighted by atomic mass is 10.1. The maximum Gasteiger partial charge on any atom is 0.349 e. The van der Waals surface area contributed by atoms with E-state index in [1.54, 1.807) is 46.3 Å². The van der Waals surface area contributed by atoms with Crippen molar-refractivity contribution in [3.63, 3.8) is 0 Å². The van der Waals surface area contributed by atoms with E-state index in [0.717, 1.165) is 5.56 Å². The second-order valence-electron chi connectivity index (χ2n) is 4.44. The molecule has 0 unspecified atom stereocenters. The quantitative estimate of drug-likeness (QED) is 0.585. The molecule has 1 aromatic rings. The minimum absolute atomic E-state index is 0.340. The topological polar surface area (TPSA) is 44.8 Å². The van der Waals surface area contributed by atoms with E-state index in [9.17, 15) is 4.79 Å². The third kappa shape index (κ3) is 4.66. The molecule has 19 heavy (non-hydrogen) atoms. The van der Waals surface area contributed by atoms with Crippen molar-refractivity contribution in [1.82, 2.24) is 0 Å². The predicted molar refractivity (Wildman–Crippen MR) is 73.8 cm³/mol. The van der Waals surface area contributed by atoms with Crippen molar-refractivity contribution < 1.29 is 19.0 Å². The first-order valence-corrected chi connectivity index (χ1v) is 6.15. The van der Waals surface area contributed by atoms with E-state index in [-0.39, 0.29) is 5.97 Å². The van der Waals surface area contributed by atoms with Crippen LogP contribution in [0.25, 0.3) is 6.08 Å². The summed E-state index contributed by atoms with van der Waals surface area (Å²) in [5.41, 5.74) is -0.0111. The van der Waals surface area contributed by atoms with Crippen LogP contribution in [0.15, 0.2) is 30.5 Å². The SMILES string of the molecule is CCOC(=O)C(C)(C)Oc1ccc(C=COC)cc1. The maximum atomic E-state index is 11.7. The van der Waals surface area contributed by atoms with Gasteiger partial charge in [-0.15, -0.1) is 0 Å². The average Bonchev–Trinajstić information content (AvgIpc) is 2.38. The van der Waals surface area contributed by atoms with Gasteiger partial charge < -0.3 is 14.2 Å². The lowest BCUT2D eigenvalue weighted by Gasteiger charge is -2.24. The Hall–Kier alpha value is -1.97. The summed E-state index contributed by atoms with van der Waals surface area (Å²) in [6, 6.07) is 7.37. The molecule has 0 amide bonds. The molecule has 0 fully saturated rings. The van der Waals surface area contributed by atoms with E-state index in [1.807, 2.05) is 18.2 Å². The molecule has 0 aliphatic rings. The van der Waals surface area contributed by atoms with Gasteiger partial charge in [-0.25, -0.2) is 4.79 Å². The molecule has 0 bridgehead atoms. The first kappa shape index (κ1) is 15.1. The van der Waals surface area contributed by atoms with Crippen LogP contribution in [0.3, 0.4) is 0 Å². The molecule has 0 aliphatic heterocycles. The third-order valence-electron chi connectivity index (χ3n) is 2.42. The van der Waals surface area contributed by atoms with Crippen molar-refractivity contribution in [3.05, 3.63) is 36.1 Å². The number of rotatable bonds is 6. The first-order chi connectivity index (χ1) is 8.99. The van der Waals surface area contributed by atoms with Crippen LogP contribution in [-0.4, -0.2) is 25.3 Å². The fourth-order valence-corrected chi connectivity index (χ4v) is 1.43. The van der Waals surface area contributed by atoms with Gasteiger partial charge in [-0.3, -0.25) is 0 Å². The number of hydrogen-bond donors (Lipinski definition) is 0. The highest BCUT2D eigenvalue weighted by Gasteiger charge is 2.31. The highest BCUT2D eigenvalue weighted by atomic mass is 16.6. The summed E-state index contributed by atoms with van der Waals surface area (Å²) in [4.78, 5) is 11.7. The summed E-state index contributed by atoms with van der Waals surface area (Å²) in [5.74, 6) is 0.242. The van der Waals surface area contributed by atoms with Crippen molar-refractivity contribution >= 4 is 12.0 Å². The van der Waals surface area contributed by atoms with E-state index in [2.05, 4.69) is 0 Å². The Labute approximate surface area is 114 Å². The molecular weight excluding hydrogens is 244 g/mol. The average molecular weight is 264 g/mol. The molecule has 4 heteroatoms. The Kier molecular flexibility index (Phi) is 5.42. The molecule has 4 nitrogen and oxygen atoms in total. The van der Waals surface area contributed by atoms with E-state index in [1.165, 1.54) is 0 Å². The third-order valence-corrected chi connectivity index (χ3v) is 2.42. The second-order valence-corrected chi connectivity index (χ2v) is 4.44. The zero-order valence-corrected chi connectivity index (χ0v) is 11.8. The van der Waals surface area contributed by atoms with Crippen LogP contribution in [0.5, 0.6) is 5.75 Å². The zero-order chi connectivity index (χ0) is 14.3. The predicted octanol–water partition coefficient (Wildman–Crippen LogP) is 3.02. The van der Waals surface area contributed by atoms with Crippen LogP contribution in [-0.2, 0) is 14.3 Å². The van der Waals surface area contributed by atoms with Gasteiger partial charge in [-0.2, -0.15) is 0 Å². The van der Waals surface area contributed by atoms with E-state index >= 15 is 0 Å². The van der Waals surface area contributed by atoms with E-state index < -0.39 is 5.60 Å². The lowest BCUT2D eigenvalue weighted by Crippen LogP contribution is -2.39. The van der Waals surface area contributed by atoms with Crippen LogP contribution in [0.1, 0.15) is 26.3 Å². The molecule has 1 aromatic carbocycles. The van der Waals surface area contributed by atoms with Gasteiger partial charge in [0.05, 0.1) is 20.0 Å². The molecule has 0 aromatic heterocycles. The molecule has 0 heterocycles. The molecule has 0 N–H and O–H groups in total. The number of hydrogen-bond acceptors (Lipinski definition) is 4. The van der Waals surface area contributed by atoms with Crippen LogP contribution in [0, 0.1) is 0 Å². The van der Waals surface area contributed by atoms with Crippen molar-refractivity contribution in [2.45, 2.75) is 26.4 Å². The van der Waals surface area contributed by atoms with Crippen LogP contribution in [0.4, 0.5) is 0 Å². The van der Waals surface area contributed by atoms with E-state index in [4.69, 9.17) is 14.2 Å². The van der Waals surface area contributed by atoms with Gasteiger partial charge in [0.2, 0.25) is 0 Å². The van der Waals surface area contributed by atoms with Gasteiger partial charge in [-0.1, -0.05) is 12.1 Å². The van der Waals surface area contributed by atoms with E-state index in [0.29, 0.717) is 12.4 Å². The van der Waals surface area contributed by atoms with Crippen molar-refractivity contribution in [1.29, 1.82) is 0 Å². The highest BCUT2D eigenvalue weighted by Crippen LogP contribution is 2.20. The summed E-state index contributed by atoms with van der Waals surface area (Å²) in [7, 11) is 1.59. The van der Waals surface area contributed by atoms with Gasteiger partial charge >= 0.3 is 5.97 Å². The molecule has 0 spiro atoms. The van der Waals surface area contributed by atoms with Gasteiger partial charge in [0.15, 0.2) is 5.60 Å². The number of carbonyl (C=O) groups is 1. The summed E-state index contributed by atoms with van der Waals surface area (Å²) in [5, 5.41) is 0. The Morgan fingerprint density at radius 1 is 1.26 bits per heavy atom. The van der Waals surface area contributed by atoms with Gasteiger partial charge in [0.25, 0.3) is 0 Å².